The number of nitro benzene ring substituents is 1. The third kappa shape index (κ3) is 7.51. The van der Waals surface area contributed by atoms with Crippen molar-refractivity contribution in [2.45, 2.75) is 32.7 Å². The molecule has 1 fully saturated rings. The number of hydrogen-bond donors (Lipinski definition) is 3. The first kappa shape index (κ1) is 22.9. The molecule has 1 atom stereocenters. The van der Waals surface area contributed by atoms with Crippen molar-refractivity contribution in [3.8, 4) is 0 Å². The molecule has 1 unspecified atom stereocenters. The topological polar surface area (TPSA) is 109 Å². The van der Waals surface area contributed by atoms with Crippen LogP contribution in [0.3, 0.4) is 0 Å². The van der Waals surface area contributed by atoms with Crippen LogP contribution in [-0.4, -0.2) is 67.8 Å². The summed E-state index contributed by atoms with van der Waals surface area (Å²) in [6, 6.07) is 6.34. The summed E-state index contributed by atoms with van der Waals surface area (Å²) in [4.78, 5) is 24.9. The number of non-ortho nitro benzene ring substituents is 1. The van der Waals surface area contributed by atoms with Crippen molar-refractivity contribution in [3.05, 3.63) is 34.4 Å². The third-order valence-corrected chi connectivity index (χ3v) is 5.40. The minimum absolute atomic E-state index is 0.0559. The molecule has 0 saturated carbocycles. The predicted octanol–water partition coefficient (Wildman–Crippen LogP) is 2.44. The molecule has 9 nitrogen and oxygen atoms in total. The van der Waals surface area contributed by atoms with Gasteiger partial charge in [0.25, 0.3) is 5.69 Å². The molecule has 0 aromatic heterocycles. The van der Waals surface area contributed by atoms with E-state index in [2.05, 4.69) is 34.7 Å². The van der Waals surface area contributed by atoms with E-state index in [0.29, 0.717) is 31.6 Å². The molecule has 9 heteroatoms. The molecule has 3 N–H and O–H groups in total. The molecule has 0 spiro atoms. The van der Waals surface area contributed by atoms with Crippen LogP contribution in [0.4, 0.5) is 16.2 Å². The molecule has 1 aliphatic heterocycles. The summed E-state index contributed by atoms with van der Waals surface area (Å²) >= 11 is 0. The molecule has 1 saturated heterocycles. The maximum Gasteiger partial charge on any atom is 0.314 e. The highest BCUT2D eigenvalue weighted by Gasteiger charge is 2.27. The van der Waals surface area contributed by atoms with Crippen LogP contribution < -0.4 is 16.0 Å². The predicted molar refractivity (Wildman–Crippen MR) is 113 cm³/mol. The van der Waals surface area contributed by atoms with Crippen molar-refractivity contribution in [3.63, 3.8) is 0 Å². The van der Waals surface area contributed by atoms with Crippen molar-refractivity contribution in [1.82, 2.24) is 15.5 Å². The molecule has 2 rings (SSSR count). The number of urea groups is 1. The monoisotopic (exact) mass is 407 g/mol. The number of hydrogen-bond acceptors (Lipinski definition) is 6. The van der Waals surface area contributed by atoms with Crippen molar-refractivity contribution in [2.24, 2.45) is 5.92 Å². The van der Waals surface area contributed by atoms with E-state index in [9.17, 15) is 14.9 Å². The van der Waals surface area contributed by atoms with Crippen LogP contribution in [0.1, 0.15) is 26.7 Å². The fraction of sp³-hybridized carbons (Fsp3) is 0.650. The molecule has 1 aromatic rings. The lowest BCUT2D eigenvalue weighted by Crippen LogP contribution is -2.53. The van der Waals surface area contributed by atoms with Crippen LogP contribution in [0.5, 0.6) is 0 Å². The number of nitrogens with zero attached hydrogens (tertiary/aromatic N) is 2. The molecule has 0 radical (unpaired) electrons. The smallest absolute Gasteiger partial charge is 0.314 e. The molecule has 1 heterocycles. The highest BCUT2D eigenvalue weighted by atomic mass is 16.6. The Hall–Kier alpha value is -2.39. The second kappa shape index (κ2) is 12.2. The van der Waals surface area contributed by atoms with Crippen LogP contribution in [0, 0.1) is 16.0 Å². The van der Waals surface area contributed by atoms with Crippen molar-refractivity contribution in [2.75, 3.05) is 51.3 Å². The fourth-order valence-electron chi connectivity index (χ4n) is 3.68. The number of morpholine rings is 1. The van der Waals surface area contributed by atoms with Crippen LogP contribution in [0.25, 0.3) is 0 Å². The summed E-state index contributed by atoms with van der Waals surface area (Å²) in [5, 5.41) is 19.7. The van der Waals surface area contributed by atoms with E-state index in [1.165, 1.54) is 12.1 Å². The van der Waals surface area contributed by atoms with Gasteiger partial charge in [-0.1, -0.05) is 26.7 Å². The Labute approximate surface area is 172 Å². The van der Waals surface area contributed by atoms with Gasteiger partial charge in [-0.2, -0.15) is 0 Å². The lowest BCUT2D eigenvalue weighted by atomic mass is 9.92. The van der Waals surface area contributed by atoms with Gasteiger partial charge in [0.1, 0.15) is 0 Å². The standard InChI is InChI=1S/C20H33N5O4/c1-3-16(4-2)19(24-11-13-29-14-12-24)15-23-20(26)22-10-9-21-17-5-7-18(8-6-17)25(27)28/h5-8,16,19,21H,3-4,9-15H2,1-2H3,(H2,22,23,26). The first-order valence-electron chi connectivity index (χ1n) is 10.4. The summed E-state index contributed by atoms with van der Waals surface area (Å²) in [6.07, 6.45) is 2.17. The number of nitro groups is 1. The van der Waals surface area contributed by atoms with E-state index in [1.54, 1.807) is 12.1 Å². The minimum Gasteiger partial charge on any atom is -0.383 e. The summed E-state index contributed by atoms with van der Waals surface area (Å²) in [5.74, 6) is 0.539. The van der Waals surface area contributed by atoms with E-state index in [0.717, 1.165) is 44.8 Å². The van der Waals surface area contributed by atoms with E-state index >= 15 is 0 Å². The maximum absolute atomic E-state index is 12.2. The lowest BCUT2D eigenvalue weighted by Gasteiger charge is -2.38. The zero-order chi connectivity index (χ0) is 21.1. The number of amides is 2. The summed E-state index contributed by atoms with van der Waals surface area (Å²) in [5.41, 5.74) is 0.833. The fourth-order valence-corrected chi connectivity index (χ4v) is 3.68. The SMILES string of the molecule is CCC(CC)C(CNC(=O)NCCNc1ccc([N+](=O)[O-])cc1)N1CCOCC1. The van der Waals surface area contributed by atoms with E-state index in [1.807, 2.05) is 0 Å². The van der Waals surface area contributed by atoms with Crippen molar-refractivity contribution in [1.29, 1.82) is 0 Å². The minimum atomic E-state index is -0.429. The molecule has 162 valence electrons. The first-order chi connectivity index (χ1) is 14.0. The molecule has 1 aliphatic rings. The molecular formula is C20H33N5O4. The molecule has 2 amide bonds. The number of carbonyl (C=O) groups is 1. The Morgan fingerprint density at radius 1 is 1.14 bits per heavy atom. The van der Waals surface area contributed by atoms with E-state index < -0.39 is 4.92 Å². The number of benzene rings is 1. The average Bonchev–Trinajstić information content (AvgIpc) is 2.75. The lowest BCUT2D eigenvalue weighted by molar-refractivity contribution is -0.384. The van der Waals surface area contributed by atoms with Crippen molar-refractivity contribution >= 4 is 17.4 Å². The zero-order valence-corrected chi connectivity index (χ0v) is 17.4. The molecule has 0 bridgehead atoms. The van der Waals surface area contributed by atoms with Crippen LogP contribution >= 0.6 is 0 Å². The Balaban J connectivity index is 1.71. The Morgan fingerprint density at radius 3 is 2.38 bits per heavy atom. The van der Waals surface area contributed by atoms with Crippen LogP contribution in [-0.2, 0) is 4.74 Å². The zero-order valence-electron chi connectivity index (χ0n) is 17.4. The first-order valence-corrected chi connectivity index (χ1v) is 10.4. The van der Waals surface area contributed by atoms with Gasteiger partial charge in [-0.05, 0) is 18.1 Å². The second-order valence-corrected chi connectivity index (χ2v) is 7.16. The number of anilines is 1. The van der Waals surface area contributed by atoms with Gasteiger partial charge in [0.05, 0.1) is 18.1 Å². The largest absolute Gasteiger partial charge is 0.383 e. The quantitative estimate of drug-likeness (QED) is 0.295. The molecular weight excluding hydrogens is 374 g/mol. The number of nitrogens with one attached hydrogen (secondary N) is 3. The average molecular weight is 408 g/mol. The van der Waals surface area contributed by atoms with Gasteiger partial charge in [0, 0.05) is 56.6 Å². The van der Waals surface area contributed by atoms with Gasteiger partial charge >= 0.3 is 6.03 Å². The summed E-state index contributed by atoms with van der Waals surface area (Å²) in [6.45, 7) is 9.31. The second-order valence-electron chi connectivity index (χ2n) is 7.16. The van der Waals surface area contributed by atoms with E-state index in [-0.39, 0.29) is 11.7 Å². The van der Waals surface area contributed by atoms with Crippen molar-refractivity contribution < 1.29 is 14.5 Å². The summed E-state index contributed by atoms with van der Waals surface area (Å²) < 4.78 is 5.46. The van der Waals surface area contributed by atoms with Gasteiger partial charge < -0.3 is 20.7 Å². The molecule has 29 heavy (non-hydrogen) atoms. The maximum atomic E-state index is 12.2. The van der Waals surface area contributed by atoms with Gasteiger partial charge in [0.2, 0.25) is 0 Å². The Bertz CT molecular complexity index is 630. The van der Waals surface area contributed by atoms with Gasteiger partial charge in [-0.15, -0.1) is 0 Å². The Morgan fingerprint density at radius 2 is 1.79 bits per heavy atom. The molecule has 0 aliphatic carbocycles. The van der Waals surface area contributed by atoms with Gasteiger partial charge in [-0.25, -0.2) is 4.79 Å². The highest BCUT2D eigenvalue weighted by molar-refractivity contribution is 5.73. The highest BCUT2D eigenvalue weighted by Crippen LogP contribution is 2.19. The van der Waals surface area contributed by atoms with Crippen LogP contribution in [0.2, 0.25) is 0 Å². The van der Waals surface area contributed by atoms with Crippen LogP contribution in [0.15, 0.2) is 24.3 Å². The third-order valence-electron chi connectivity index (χ3n) is 5.40. The normalized spacial score (nSPS) is 15.7. The van der Waals surface area contributed by atoms with E-state index in [4.69, 9.17) is 4.74 Å². The Kier molecular flexibility index (Phi) is 9.66. The number of carbonyl (C=O) groups excluding carboxylic acids is 1. The van der Waals surface area contributed by atoms with Gasteiger partial charge in [0.15, 0.2) is 0 Å². The summed E-state index contributed by atoms with van der Waals surface area (Å²) in [7, 11) is 0. The molecule has 1 aromatic carbocycles. The van der Waals surface area contributed by atoms with Gasteiger partial charge in [-0.3, -0.25) is 15.0 Å². The number of rotatable bonds is 11. The number of ether oxygens (including phenoxy) is 1.